The Bertz CT molecular complexity index is 690. The summed E-state index contributed by atoms with van der Waals surface area (Å²) in [5, 5.41) is 2.96. The molecule has 0 saturated heterocycles. The van der Waals surface area contributed by atoms with Crippen LogP contribution < -0.4 is 5.32 Å². The second-order valence-electron chi connectivity index (χ2n) is 6.60. The molecule has 2 atom stereocenters. The lowest BCUT2D eigenvalue weighted by molar-refractivity contribution is -0.00293. The van der Waals surface area contributed by atoms with Crippen molar-refractivity contribution in [1.82, 2.24) is 15.3 Å². The molecule has 1 aliphatic carbocycles. The van der Waals surface area contributed by atoms with Crippen LogP contribution in [0.1, 0.15) is 43.0 Å². The molecule has 1 N–H and O–H groups in total. The smallest absolute Gasteiger partial charge is 0.251 e. The van der Waals surface area contributed by atoms with Crippen molar-refractivity contribution in [3.05, 3.63) is 48.5 Å². The Labute approximate surface area is 148 Å². The summed E-state index contributed by atoms with van der Waals surface area (Å²) in [6, 6.07) is 7.50. The molecule has 0 bridgehead atoms. The summed E-state index contributed by atoms with van der Waals surface area (Å²) >= 11 is 0. The molecule has 25 heavy (non-hydrogen) atoms. The number of carbonyl (C=O) groups excluding carboxylic acids is 1. The van der Waals surface area contributed by atoms with Crippen LogP contribution >= 0.6 is 0 Å². The first-order chi connectivity index (χ1) is 12.3. The van der Waals surface area contributed by atoms with E-state index in [-0.39, 0.29) is 5.91 Å². The number of benzene rings is 1. The average Bonchev–Trinajstić information content (AvgIpc) is 2.67. The van der Waals surface area contributed by atoms with Crippen LogP contribution in [0.5, 0.6) is 0 Å². The maximum absolute atomic E-state index is 12.5. The van der Waals surface area contributed by atoms with Gasteiger partial charge in [0.25, 0.3) is 5.91 Å². The van der Waals surface area contributed by atoms with Crippen molar-refractivity contribution in [2.75, 3.05) is 13.2 Å². The van der Waals surface area contributed by atoms with Gasteiger partial charge in [0, 0.05) is 30.1 Å². The molecule has 0 aliphatic heterocycles. The monoisotopic (exact) mass is 339 g/mol. The molecule has 1 aromatic carbocycles. The molecule has 1 saturated carbocycles. The summed E-state index contributed by atoms with van der Waals surface area (Å²) < 4.78 is 5.96. The van der Waals surface area contributed by atoms with Crippen molar-refractivity contribution in [3.63, 3.8) is 0 Å². The number of hydrogen-bond donors (Lipinski definition) is 1. The van der Waals surface area contributed by atoms with E-state index in [4.69, 9.17) is 4.74 Å². The fourth-order valence-electron chi connectivity index (χ4n) is 3.37. The van der Waals surface area contributed by atoms with Gasteiger partial charge < -0.3 is 10.1 Å². The second kappa shape index (κ2) is 8.72. The third kappa shape index (κ3) is 4.63. The van der Waals surface area contributed by atoms with E-state index in [0.29, 0.717) is 30.7 Å². The molecule has 1 heterocycles. The predicted octanol–water partition coefficient (Wildman–Crippen LogP) is 3.47. The summed E-state index contributed by atoms with van der Waals surface area (Å²) in [6.07, 6.45) is 10.2. The molecule has 132 valence electrons. The maximum atomic E-state index is 12.5. The van der Waals surface area contributed by atoms with Crippen molar-refractivity contribution < 1.29 is 9.53 Å². The first kappa shape index (κ1) is 17.5. The summed E-state index contributed by atoms with van der Waals surface area (Å²) in [5.74, 6) is 0.517. The lowest BCUT2D eigenvalue weighted by atomic mass is 9.88. The molecular weight excluding hydrogens is 314 g/mol. The highest BCUT2D eigenvalue weighted by molar-refractivity contribution is 6.00. The van der Waals surface area contributed by atoms with Crippen LogP contribution in [0.15, 0.2) is 43.0 Å². The van der Waals surface area contributed by atoms with E-state index in [9.17, 15) is 4.79 Å². The fraction of sp³-hybridized carbons (Fsp3) is 0.450. The van der Waals surface area contributed by atoms with E-state index in [2.05, 4.69) is 22.2 Å². The first-order valence-electron chi connectivity index (χ1n) is 9.00. The zero-order chi connectivity index (χ0) is 17.5. The predicted molar refractivity (Wildman–Crippen MR) is 97.2 cm³/mol. The Kier molecular flexibility index (Phi) is 6.12. The largest absolute Gasteiger partial charge is 0.376 e. The van der Waals surface area contributed by atoms with Crippen molar-refractivity contribution >= 4 is 5.91 Å². The summed E-state index contributed by atoms with van der Waals surface area (Å²) in [6.45, 7) is 3.32. The third-order valence-corrected chi connectivity index (χ3v) is 4.80. The molecule has 1 fully saturated rings. The van der Waals surface area contributed by atoms with Crippen LogP contribution in [0, 0.1) is 5.92 Å². The van der Waals surface area contributed by atoms with Crippen LogP contribution in [-0.2, 0) is 4.74 Å². The van der Waals surface area contributed by atoms with Crippen LogP contribution in [0.25, 0.3) is 11.1 Å². The summed E-state index contributed by atoms with van der Waals surface area (Å²) in [7, 11) is 0. The summed E-state index contributed by atoms with van der Waals surface area (Å²) in [5.41, 5.74) is 2.30. The lowest BCUT2D eigenvalue weighted by Crippen LogP contribution is -2.32. The number of amides is 1. The molecule has 0 radical (unpaired) electrons. The van der Waals surface area contributed by atoms with E-state index >= 15 is 0 Å². The zero-order valence-corrected chi connectivity index (χ0v) is 14.6. The standard InChI is InChI=1S/C20H25N3O2/c1-15-6-2-5-9-19(15)25-11-10-23-20(24)18-8-4-3-7-17(18)16-12-21-14-22-13-16/h3-4,7-8,12-15,19H,2,5-6,9-11H2,1H3,(H,23,24)/t15-,19+/m1/s1. The fourth-order valence-corrected chi connectivity index (χ4v) is 3.37. The Hall–Kier alpha value is -2.27. The maximum Gasteiger partial charge on any atom is 0.251 e. The van der Waals surface area contributed by atoms with Crippen LogP contribution in [0.3, 0.4) is 0 Å². The molecule has 1 aliphatic rings. The van der Waals surface area contributed by atoms with E-state index in [1.807, 2.05) is 24.3 Å². The van der Waals surface area contributed by atoms with Gasteiger partial charge in [0.15, 0.2) is 0 Å². The minimum absolute atomic E-state index is 0.0975. The zero-order valence-electron chi connectivity index (χ0n) is 14.6. The molecule has 5 heteroatoms. The number of nitrogens with zero attached hydrogens (tertiary/aromatic N) is 2. The van der Waals surface area contributed by atoms with Gasteiger partial charge in [0.05, 0.1) is 12.7 Å². The normalized spacial score (nSPS) is 20.2. The van der Waals surface area contributed by atoms with Crippen LogP contribution in [-0.4, -0.2) is 35.1 Å². The minimum Gasteiger partial charge on any atom is -0.376 e. The number of nitrogens with one attached hydrogen (secondary N) is 1. The van der Waals surface area contributed by atoms with Crippen molar-refractivity contribution in [2.45, 2.75) is 38.7 Å². The molecule has 3 rings (SSSR count). The molecule has 1 aromatic heterocycles. The van der Waals surface area contributed by atoms with Gasteiger partial charge in [-0.05, 0) is 30.4 Å². The van der Waals surface area contributed by atoms with E-state index in [1.54, 1.807) is 12.4 Å². The van der Waals surface area contributed by atoms with Gasteiger partial charge in [-0.2, -0.15) is 0 Å². The van der Waals surface area contributed by atoms with Crippen molar-refractivity contribution in [1.29, 1.82) is 0 Å². The van der Waals surface area contributed by atoms with E-state index in [0.717, 1.165) is 17.5 Å². The van der Waals surface area contributed by atoms with Gasteiger partial charge in [-0.3, -0.25) is 4.79 Å². The number of rotatable bonds is 6. The van der Waals surface area contributed by atoms with E-state index in [1.165, 1.54) is 25.6 Å². The Morgan fingerprint density at radius 2 is 1.96 bits per heavy atom. The van der Waals surface area contributed by atoms with Gasteiger partial charge in [-0.15, -0.1) is 0 Å². The van der Waals surface area contributed by atoms with Gasteiger partial charge in [0.1, 0.15) is 6.33 Å². The summed E-state index contributed by atoms with van der Waals surface area (Å²) in [4.78, 5) is 20.6. The topological polar surface area (TPSA) is 64.1 Å². The number of hydrogen-bond acceptors (Lipinski definition) is 4. The first-order valence-corrected chi connectivity index (χ1v) is 9.00. The molecule has 0 unspecified atom stereocenters. The highest BCUT2D eigenvalue weighted by Gasteiger charge is 2.21. The Morgan fingerprint density at radius 3 is 2.76 bits per heavy atom. The number of aromatic nitrogens is 2. The molecule has 2 aromatic rings. The minimum atomic E-state index is -0.0975. The van der Waals surface area contributed by atoms with Crippen molar-refractivity contribution in [2.24, 2.45) is 5.92 Å². The highest BCUT2D eigenvalue weighted by Crippen LogP contribution is 2.26. The molecule has 1 amide bonds. The highest BCUT2D eigenvalue weighted by atomic mass is 16.5. The van der Waals surface area contributed by atoms with Gasteiger partial charge in [-0.1, -0.05) is 38.0 Å². The lowest BCUT2D eigenvalue weighted by Gasteiger charge is -2.28. The SMILES string of the molecule is C[C@@H]1CCCC[C@@H]1OCCNC(=O)c1ccccc1-c1cncnc1. The quantitative estimate of drug-likeness (QED) is 0.819. The van der Waals surface area contributed by atoms with E-state index < -0.39 is 0 Å². The van der Waals surface area contributed by atoms with Crippen molar-refractivity contribution in [3.8, 4) is 11.1 Å². The molecule has 0 spiro atoms. The number of carbonyl (C=O) groups is 1. The van der Waals surface area contributed by atoms with Crippen LogP contribution in [0.2, 0.25) is 0 Å². The van der Waals surface area contributed by atoms with Gasteiger partial charge in [-0.25, -0.2) is 9.97 Å². The van der Waals surface area contributed by atoms with Crippen LogP contribution in [0.4, 0.5) is 0 Å². The Morgan fingerprint density at radius 1 is 1.20 bits per heavy atom. The molecule has 5 nitrogen and oxygen atoms in total. The second-order valence-corrected chi connectivity index (χ2v) is 6.60. The average molecular weight is 339 g/mol. The third-order valence-electron chi connectivity index (χ3n) is 4.80. The van der Waals surface area contributed by atoms with Gasteiger partial charge >= 0.3 is 0 Å². The number of ether oxygens (including phenoxy) is 1. The Balaban J connectivity index is 1.55. The molecular formula is C20H25N3O2. The van der Waals surface area contributed by atoms with Gasteiger partial charge in [0.2, 0.25) is 0 Å².